The van der Waals surface area contributed by atoms with Gasteiger partial charge in [-0.15, -0.1) is 0 Å². The Morgan fingerprint density at radius 3 is 2.30 bits per heavy atom. The second kappa shape index (κ2) is 4.69. The molecule has 0 aromatic carbocycles. The molecule has 0 bridgehead atoms. The number of hydrogen-bond acceptors (Lipinski definition) is 2. The normalized spacial score (nSPS) is 12.0. The van der Waals surface area contributed by atoms with Crippen molar-refractivity contribution < 1.29 is 4.74 Å². The van der Waals surface area contributed by atoms with Crippen LogP contribution in [0.2, 0.25) is 0 Å². The Morgan fingerprint density at radius 1 is 1.30 bits per heavy atom. The molecular formula is C8H19NO. The SMILES string of the molecule is CC(C)(C)COCCCN. The van der Waals surface area contributed by atoms with Gasteiger partial charge in [0.05, 0.1) is 6.61 Å². The highest BCUT2D eigenvalue weighted by atomic mass is 16.5. The molecule has 0 aliphatic heterocycles. The highest BCUT2D eigenvalue weighted by Gasteiger charge is 2.08. The third-order valence-electron chi connectivity index (χ3n) is 1.03. The van der Waals surface area contributed by atoms with E-state index in [1.54, 1.807) is 0 Å². The van der Waals surface area contributed by atoms with Gasteiger partial charge in [0.15, 0.2) is 0 Å². The van der Waals surface area contributed by atoms with Crippen LogP contribution in [0.3, 0.4) is 0 Å². The predicted molar refractivity (Wildman–Crippen MR) is 43.9 cm³/mol. The molecule has 62 valence electrons. The van der Waals surface area contributed by atoms with E-state index < -0.39 is 0 Å². The Bertz CT molecular complexity index is 75.8. The summed E-state index contributed by atoms with van der Waals surface area (Å²) in [5.74, 6) is 0. The van der Waals surface area contributed by atoms with E-state index in [2.05, 4.69) is 20.8 Å². The molecule has 2 nitrogen and oxygen atoms in total. The van der Waals surface area contributed by atoms with Crippen LogP contribution in [-0.4, -0.2) is 19.8 Å². The smallest absolute Gasteiger partial charge is 0.0514 e. The topological polar surface area (TPSA) is 35.2 Å². The van der Waals surface area contributed by atoms with Crippen LogP contribution in [0.4, 0.5) is 0 Å². The zero-order valence-electron chi connectivity index (χ0n) is 7.31. The minimum absolute atomic E-state index is 0.286. The highest BCUT2D eigenvalue weighted by molar-refractivity contribution is 4.58. The van der Waals surface area contributed by atoms with Crippen molar-refractivity contribution in [2.45, 2.75) is 27.2 Å². The first-order valence-corrected chi connectivity index (χ1v) is 3.84. The first-order chi connectivity index (χ1) is 4.56. The maximum Gasteiger partial charge on any atom is 0.0514 e. The number of rotatable bonds is 4. The monoisotopic (exact) mass is 145 g/mol. The Balaban J connectivity index is 3.04. The van der Waals surface area contributed by atoms with E-state index >= 15 is 0 Å². The Hall–Kier alpha value is -0.0800. The molecule has 0 aliphatic rings. The summed E-state index contributed by atoms with van der Waals surface area (Å²) < 4.78 is 5.36. The first kappa shape index (κ1) is 9.92. The Kier molecular flexibility index (Phi) is 4.65. The molecule has 0 fully saturated rings. The second-order valence-corrected chi connectivity index (χ2v) is 3.76. The van der Waals surface area contributed by atoms with Crippen LogP contribution in [0.5, 0.6) is 0 Å². The van der Waals surface area contributed by atoms with Crippen LogP contribution in [0.1, 0.15) is 27.2 Å². The van der Waals surface area contributed by atoms with Crippen LogP contribution in [0, 0.1) is 5.41 Å². The van der Waals surface area contributed by atoms with E-state index in [1.807, 2.05) is 0 Å². The summed E-state index contributed by atoms with van der Waals surface area (Å²) in [5, 5.41) is 0. The van der Waals surface area contributed by atoms with Crippen molar-refractivity contribution in [1.29, 1.82) is 0 Å². The van der Waals surface area contributed by atoms with Crippen LogP contribution in [0.15, 0.2) is 0 Å². The first-order valence-electron chi connectivity index (χ1n) is 3.84. The molecule has 0 aromatic heterocycles. The van der Waals surface area contributed by atoms with Crippen LogP contribution in [-0.2, 0) is 4.74 Å². The molecule has 0 spiro atoms. The maximum absolute atomic E-state index is 5.36. The molecule has 10 heavy (non-hydrogen) atoms. The van der Waals surface area contributed by atoms with Crippen LogP contribution < -0.4 is 5.73 Å². The van der Waals surface area contributed by atoms with Gasteiger partial charge in [0.1, 0.15) is 0 Å². The third-order valence-corrected chi connectivity index (χ3v) is 1.03. The van der Waals surface area contributed by atoms with Gasteiger partial charge in [0.25, 0.3) is 0 Å². The molecule has 0 rings (SSSR count). The number of nitrogens with two attached hydrogens (primary N) is 1. The quantitative estimate of drug-likeness (QED) is 0.607. The summed E-state index contributed by atoms with van der Waals surface area (Å²) in [5.41, 5.74) is 5.58. The molecule has 0 amide bonds. The highest BCUT2D eigenvalue weighted by Crippen LogP contribution is 2.12. The predicted octanol–water partition coefficient (Wildman–Crippen LogP) is 1.40. The minimum atomic E-state index is 0.286. The fraction of sp³-hybridized carbons (Fsp3) is 1.00. The lowest BCUT2D eigenvalue weighted by molar-refractivity contribution is 0.0707. The van der Waals surface area contributed by atoms with E-state index in [4.69, 9.17) is 10.5 Å². The van der Waals surface area contributed by atoms with Crippen molar-refractivity contribution in [2.24, 2.45) is 11.1 Å². The van der Waals surface area contributed by atoms with Gasteiger partial charge in [-0.2, -0.15) is 0 Å². The van der Waals surface area contributed by atoms with Gasteiger partial charge in [-0.25, -0.2) is 0 Å². The minimum Gasteiger partial charge on any atom is -0.381 e. The van der Waals surface area contributed by atoms with Crippen LogP contribution in [0.25, 0.3) is 0 Å². The molecule has 0 saturated carbocycles. The largest absolute Gasteiger partial charge is 0.381 e. The summed E-state index contributed by atoms with van der Waals surface area (Å²) in [6.45, 7) is 8.84. The molecule has 0 aromatic rings. The summed E-state index contributed by atoms with van der Waals surface area (Å²) in [6.07, 6.45) is 0.968. The van der Waals surface area contributed by atoms with E-state index in [0.717, 1.165) is 26.2 Å². The lowest BCUT2D eigenvalue weighted by Gasteiger charge is -2.17. The average Bonchev–Trinajstić information content (AvgIpc) is 1.78. The summed E-state index contributed by atoms with van der Waals surface area (Å²) in [7, 11) is 0. The van der Waals surface area contributed by atoms with Crippen molar-refractivity contribution in [3.63, 3.8) is 0 Å². The number of hydrogen-bond donors (Lipinski definition) is 1. The van der Waals surface area contributed by atoms with Crippen molar-refractivity contribution >= 4 is 0 Å². The average molecular weight is 145 g/mol. The fourth-order valence-corrected chi connectivity index (χ4v) is 0.564. The molecule has 2 N–H and O–H groups in total. The molecule has 0 atom stereocenters. The Morgan fingerprint density at radius 2 is 1.90 bits per heavy atom. The molecule has 0 aliphatic carbocycles. The summed E-state index contributed by atoms with van der Waals surface area (Å²) in [6, 6.07) is 0. The lowest BCUT2D eigenvalue weighted by Crippen LogP contribution is -2.16. The second-order valence-electron chi connectivity index (χ2n) is 3.76. The molecule has 0 heterocycles. The molecule has 0 saturated heterocycles. The zero-order valence-corrected chi connectivity index (χ0v) is 7.31. The van der Waals surface area contributed by atoms with Gasteiger partial charge in [-0.05, 0) is 18.4 Å². The zero-order chi connectivity index (χ0) is 8.04. The van der Waals surface area contributed by atoms with Crippen molar-refractivity contribution in [3.05, 3.63) is 0 Å². The van der Waals surface area contributed by atoms with Crippen molar-refractivity contribution in [1.82, 2.24) is 0 Å². The van der Waals surface area contributed by atoms with Gasteiger partial charge in [-0.3, -0.25) is 0 Å². The summed E-state index contributed by atoms with van der Waals surface area (Å²) >= 11 is 0. The van der Waals surface area contributed by atoms with Crippen LogP contribution >= 0.6 is 0 Å². The van der Waals surface area contributed by atoms with E-state index in [0.29, 0.717) is 0 Å². The Labute approximate surface area is 63.7 Å². The van der Waals surface area contributed by atoms with Gasteiger partial charge in [0.2, 0.25) is 0 Å². The molecule has 0 unspecified atom stereocenters. The lowest BCUT2D eigenvalue weighted by atomic mass is 9.99. The van der Waals surface area contributed by atoms with E-state index in [9.17, 15) is 0 Å². The van der Waals surface area contributed by atoms with E-state index in [1.165, 1.54) is 0 Å². The van der Waals surface area contributed by atoms with Gasteiger partial charge >= 0.3 is 0 Å². The number of ether oxygens (including phenoxy) is 1. The molecule has 2 heteroatoms. The van der Waals surface area contributed by atoms with Crippen molar-refractivity contribution in [2.75, 3.05) is 19.8 Å². The molecular weight excluding hydrogens is 126 g/mol. The standard InChI is InChI=1S/C8H19NO/c1-8(2,3)7-10-6-4-5-9/h4-7,9H2,1-3H3. The fourth-order valence-electron chi connectivity index (χ4n) is 0.564. The van der Waals surface area contributed by atoms with Gasteiger partial charge in [0, 0.05) is 6.61 Å². The van der Waals surface area contributed by atoms with Gasteiger partial charge < -0.3 is 10.5 Å². The van der Waals surface area contributed by atoms with Gasteiger partial charge in [-0.1, -0.05) is 20.8 Å². The van der Waals surface area contributed by atoms with Crippen molar-refractivity contribution in [3.8, 4) is 0 Å². The maximum atomic E-state index is 5.36. The summed E-state index contributed by atoms with van der Waals surface area (Å²) in [4.78, 5) is 0. The molecule has 0 radical (unpaired) electrons. The third kappa shape index (κ3) is 7.92. The van der Waals surface area contributed by atoms with E-state index in [-0.39, 0.29) is 5.41 Å².